The number of piperidine rings is 1. The van der Waals surface area contributed by atoms with Gasteiger partial charge in [-0.25, -0.2) is 0 Å². The molecule has 2 aromatic rings. The number of anilines is 1. The summed E-state index contributed by atoms with van der Waals surface area (Å²) in [6, 6.07) is 8.49. The van der Waals surface area contributed by atoms with Crippen molar-refractivity contribution in [3.63, 3.8) is 0 Å². The molecule has 1 aliphatic rings. The zero-order valence-electron chi connectivity index (χ0n) is 10.4. The molecule has 0 bridgehead atoms. The molecule has 2 heterocycles. The number of benzene rings is 1. The van der Waals surface area contributed by atoms with E-state index in [1.807, 2.05) is 6.20 Å². The number of para-hydroxylation sites is 1. The average molecular weight is 239 g/mol. The molecule has 3 nitrogen and oxygen atoms in total. The van der Waals surface area contributed by atoms with E-state index >= 15 is 0 Å². The van der Waals surface area contributed by atoms with Crippen LogP contribution in [0.25, 0.3) is 11.3 Å². The van der Waals surface area contributed by atoms with Gasteiger partial charge in [-0.15, -0.1) is 0 Å². The van der Waals surface area contributed by atoms with E-state index in [2.05, 4.69) is 39.1 Å². The summed E-state index contributed by atoms with van der Waals surface area (Å²) >= 11 is 0. The highest BCUT2D eigenvalue weighted by atomic mass is 15.1. The van der Waals surface area contributed by atoms with E-state index in [1.54, 1.807) is 12.4 Å². The van der Waals surface area contributed by atoms with Crippen LogP contribution in [-0.4, -0.2) is 23.1 Å². The smallest absolute Gasteiger partial charge is 0.0905 e. The first kappa shape index (κ1) is 11.2. The second-order valence-electron chi connectivity index (χ2n) is 4.66. The van der Waals surface area contributed by atoms with E-state index in [0.29, 0.717) is 0 Å². The Labute approximate surface area is 108 Å². The lowest BCUT2D eigenvalue weighted by atomic mass is 10.1. The van der Waals surface area contributed by atoms with Crippen LogP contribution in [0.1, 0.15) is 19.3 Å². The first-order valence-corrected chi connectivity index (χ1v) is 6.55. The zero-order valence-corrected chi connectivity index (χ0v) is 10.4. The molecule has 1 aliphatic heterocycles. The summed E-state index contributed by atoms with van der Waals surface area (Å²) in [4.78, 5) is 11.0. The third-order valence-corrected chi connectivity index (χ3v) is 3.44. The highest BCUT2D eigenvalue weighted by Gasteiger charge is 2.15. The minimum Gasteiger partial charge on any atom is -0.371 e. The maximum Gasteiger partial charge on any atom is 0.0905 e. The summed E-state index contributed by atoms with van der Waals surface area (Å²) in [5.41, 5.74) is 3.43. The highest BCUT2D eigenvalue weighted by molar-refractivity contribution is 5.75. The molecule has 0 radical (unpaired) electrons. The summed E-state index contributed by atoms with van der Waals surface area (Å²) < 4.78 is 0. The van der Waals surface area contributed by atoms with Crippen molar-refractivity contribution >= 4 is 5.69 Å². The fraction of sp³-hybridized carbons (Fsp3) is 0.333. The molecule has 0 unspecified atom stereocenters. The molecule has 3 heteroatoms. The van der Waals surface area contributed by atoms with Crippen LogP contribution < -0.4 is 4.90 Å². The predicted molar refractivity (Wildman–Crippen MR) is 73.5 cm³/mol. The van der Waals surface area contributed by atoms with Gasteiger partial charge in [-0.1, -0.05) is 18.2 Å². The summed E-state index contributed by atoms with van der Waals surface area (Å²) in [7, 11) is 0. The Morgan fingerprint density at radius 1 is 0.944 bits per heavy atom. The quantitative estimate of drug-likeness (QED) is 0.806. The molecule has 0 N–H and O–H groups in total. The molecule has 1 fully saturated rings. The molecule has 0 spiro atoms. The predicted octanol–water partition coefficient (Wildman–Crippen LogP) is 3.13. The maximum atomic E-state index is 4.42. The summed E-state index contributed by atoms with van der Waals surface area (Å²) in [5.74, 6) is 0. The lowest BCUT2D eigenvalue weighted by Crippen LogP contribution is -2.29. The number of rotatable bonds is 2. The van der Waals surface area contributed by atoms with E-state index in [-0.39, 0.29) is 0 Å². The second-order valence-corrected chi connectivity index (χ2v) is 4.66. The standard InChI is InChI=1S/C15H17N3/c1-4-10-18(11-5-1)15-7-3-2-6-13(15)14-12-16-8-9-17-14/h2-3,6-9,12H,1,4-5,10-11H2. The van der Waals surface area contributed by atoms with Crippen LogP contribution in [0.3, 0.4) is 0 Å². The third-order valence-electron chi connectivity index (χ3n) is 3.44. The van der Waals surface area contributed by atoms with Crippen molar-refractivity contribution in [2.75, 3.05) is 18.0 Å². The summed E-state index contributed by atoms with van der Waals surface area (Å²) in [5, 5.41) is 0. The van der Waals surface area contributed by atoms with Gasteiger partial charge in [0.1, 0.15) is 0 Å². The fourth-order valence-corrected chi connectivity index (χ4v) is 2.54. The molecular weight excluding hydrogens is 222 g/mol. The van der Waals surface area contributed by atoms with Crippen molar-refractivity contribution in [1.29, 1.82) is 0 Å². The molecule has 3 rings (SSSR count). The first-order chi connectivity index (χ1) is 8.95. The molecule has 92 valence electrons. The van der Waals surface area contributed by atoms with Gasteiger partial charge in [0.2, 0.25) is 0 Å². The average Bonchev–Trinajstić information content (AvgIpc) is 2.49. The van der Waals surface area contributed by atoms with Gasteiger partial charge in [-0.05, 0) is 25.3 Å². The monoisotopic (exact) mass is 239 g/mol. The minimum atomic E-state index is 0.957. The van der Waals surface area contributed by atoms with Crippen LogP contribution in [0.5, 0.6) is 0 Å². The minimum absolute atomic E-state index is 0.957. The second kappa shape index (κ2) is 5.17. The molecule has 1 aromatic heterocycles. The van der Waals surface area contributed by atoms with E-state index in [1.165, 1.54) is 30.5 Å². The Balaban J connectivity index is 1.99. The molecule has 0 atom stereocenters. The van der Waals surface area contributed by atoms with Gasteiger partial charge in [0.15, 0.2) is 0 Å². The normalized spacial score (nSPS) is 15.7. The summed E-state index contributed by atoms with van der Waals surface area (Å²) in [6.45, 7) is 2.30. The lowest BCUT2D eigenvalue weighted by molar-refractivity contribution is 0.578. The Morgan fingerprint density at radius 3 is 2.56 bits per heavy atom. The molecule has 0 saturated carbocycles. The largest absolute Gasteiger partial charge is 0.371 e. The van der Waals surface area contributed by atoms with E-state index in [0.717, 1.165) is 18.8 Å². The molecule has 0 aliphatic carbocycles. The molecule has 18 heavy (non-hydrogen) atoms. The van der Waals surface area contributed by atoms with Gasteiger partial charge >= 0.3 is 0 Å². The maximum absolute atomic E-state index is 4.42. The molecule has 1 saturated heterocycles. The van der Waals surface area contributed by atoms with Gasteiger partial charge in [-0.3, -0.25) is 9.97 Å². The topological polar surface area (TPSA) is 29.0 Å². The number of aromatic nitrogens is 2. The number of hydrogen-bond acceptors (Lipinski definition) is 3. The van der Waals surface area contributed by atoms with Crippen molar-refractivity contribution in [2.24, 2.45) is 0 Å². The Morgan fingerprint density at radius 2 is 1.78 bits per heavy atom. The lowest BCUT2D eigenvalue weighted by Gasteiger charge is -2.30. The molecule has 1 aromatic carbocycles. The fourth-order valence-electron chi connectivity index (χ4n) is 2.54. The van der Waals surface area contributed by atoms with Crippen LogP contribution in [0.4, 0.5) is 5.69 Å². The number of hydrogen-bond donors (Lipinski definition) is 0. The Bertz CT molecular complexity index is 504. The van der Waals surface area contributed by atoms with Crippen LogP contribution in [0, 0.1) is 0 Å². The van der Waals surface area contributed by atoms with Crippen molar-refractivity contribution in [3.8, 4) is 11.3 Å². The Kier molecular flexibility index (Phi) is 3.22. The molecule has 0 amide bonds. The van der Waals surface area contributed by atoms with Gasteiger partial charge in [-0.2, -0.15) is 0 Å². The first-order valence-electron chi connectivity index (χ1n) is 6.55. The van der Waals surface area contributed by atoms with Gasteiger partial charge in [0.05, 0.1) is 11.9 Å². The van der Waals surface area contributed by atoms with Crippen LogP contribution in [0.15, 0.2) is 42.9 Å². The van der Waals surface area contributed by atoms with Crippen molar-refractivity contribution in [2.45, 2.75) is 19.3 Å². The van der Waals surface area contributed by atoms with Crippen molar-refractivity contribution in [3.05, 3.63) is 42.9 Å². The van der Waals surface area contributed by atoms with Crippen molar-refractivity contribution < 1.29 is 0 Å². The van der Waals surface area contributed by atoms with Gasteiger partial charge in [0, 0.05) is 36.7 Å². The summed E-state index contributed by atoms with van der Waals surface area (Å²) in [6.07, 6.45) is 9.23. The van der Waals surface area contributed by atoms with Crippen molar-refractivity contribution in [1.82, 2.24) is 9.97 Å². The third kappa shape index (κ3) is 2.21. The van der Waals surface area contributed by atoms with E-state index < -0.39 is 0 Å². The van der Waals surface area contributed by atoms with Crippen LogP contribution in [0.2, 0.25) is 0 Å². The van der Waals surface area contributed by atoms with E-state index in [9.17, 15) is 0 Å². The SMILES string of the molecule is c1ccc(N2CCCCC2)c(-c2cnccn2)c1. The Hall–Kier alpha value is -1.90. The number of nitrogens with zero attached hydrogens (tertiary/aromatic N) is 3. The molecular formula is C15H17N3. The van der Waals surface area contributed by atoms with E-state index in [4.69, 9.17) is 0 Å². The van der Waals surface area contributed by atoms with Crippen LogP contribution in [-0.2, 0) is 0 Å². The zero-order chi connectivity index (χ0) is 12.2. The van der Waals surface area contributed by atoms with Gasteiger partial charge < -0.3 is 4.90 Å². The van der Waals surface area contributed by atoms with Crippen LogP contribution >= 0.6 is 0 Å². The van der Waals surface area contributed by atoms with Gasteiger partial charge in [0.25, 0.3) is 0 Å². The highest BCUT2D eigenvalue weighted by Crippen LogP contribution is 2.30.